The summed E-state index contributed by atoms with van der Waals surface area (Å²) in [5.41, 5.74) is -0.590. The summed E-state index contributed by atoms with van der Waals surface area (Å²) in [7, 11) is 5.01. The number of nitrogens with one attached hydrogen (secondary N) is 1. The molecule has 8 nitrogen and oxygen atoms in total. The van der Waals surface area contributed by atoms with Gasteiger partial charge in [-0.1, -0.05) is 20.3 Å². The van der Waals surface area contributed by atoms with Gasteiger partial charge in [0.25, 0.3) is 0 Å². The molecule has 1 aliphatic rings. The second kappa shape index (κ2) is 10.0. The minimum absolute atomic E-state index is 0.0532. The molecular formula is C19H35N3O5. The maximum Gasteiger partial charge on any atom is 0.306 e. The highest BCUT2D eigenvalue weighted by Gasteiger charge is 2.41. The molecule has 27 heavy (non-hydrogen) atoms. The summed E-state index contributed by atoms with van der Waals surface area (Å²) in [5.74, 6) is -1.33. The van der Waals surface area contributed by atoms with Gasteiger partial charge in [-0.05, 0) is 39.3 Å². The number of carbonyl (C=O) groups excluding carboxylic acids is 2. The van der Waals surface area contributed by atoms with E-state index in [2.05, 4.69) is 5.32 Å². The smallest absolute Gasteiger partial charge is 0.306 e. The molecule has 4 atom stereocenters. The average Bonchev–Trinajstić information content (AvgIpc) is 2.97. The topological polar surface area (TPSA) is 99.2 Å². The Hall–Kier alpha value is -1.67. The lowest BCUT2D eigenvalue weighted by Gasteiger charge is -2.37. The van der Waals surface area contributed by atoms with Crippen molar-refractivity contribution in [3.63, 3.8) is 0 Å². The molecule has 2 N–H and O–H groups in total. The fourth-order valence-electron chi connectivity index (χ4n) is 3.78. The van der Waals surface area contributed by atoms with Crippen LogP contribution < -0.4 is 5.32 Å². The van der Waals surface area contributed by atoms with E-state index in [1.165, 1.54) is 12.0 Å². The van der Waals surface area contributed by atoms with E-state index >= 15 is 0 Å². The highest BCUT2D eigenvalue weighted by atomic mass is 16.5. The van der Waals surface area contributed by atoms with Crippen molar-refractivity contribution in [2.24, 2.45) is 5.92 Å². The summed E-state index contributed by atoms with van der Waals surface area (Å²) in [4.78, 5) is 40.0. The predicted octanol–water partition coefficient (Wildman–Crippen LogP) is 0.950. The Balaban J connectivity index is 2.79. The van der Waals surface area contributed by atoms with E-state index in [1.54, 1.807) is 7.05 Å². The predicted molar refractivity (Wildman–Crippen MR) is 102 cm³/mol. The van der Waals surface area contributed by atoms with E-state index in [0.717, 1.165) is 25.8 Å². The van der Waals surface area contributed by atoms with Crippen molar-refractivity contribution in [3.8, 4) is 0 Å². The molecule has 0 aromatic carbocycles. The van der Waals surface area contributed by atoms with Crippen LogP contribution in [0.5, 0.6) is 0 Å². The van der Waals surface area contributed by atoms with Gasteiger partial charge in [0.1, 0.15) is 0 Å². The fourth-order valence-corrected chi connectivity index (χ4v) is 3.78. The van der Waals surface area contributed by atoms with Crippen LogP contribution in [0.25, 0.3) is 0 Å². The lowest BCUT2D eigenvalue weighted by atomic mass is 9.91. The van der Waals surface area contributed by atoms with E-state index in [4.69, 9.17) is 9.84 Å². The standard InChI is InChI=1S/C19H35N3O5/c1-7-13(2)17(14(27-6)11-16(24)25)22(5)15(23)12-20-18(26)19(3)9-8-10-21(19)4/h13-14,17H,7-12H2,1-6H3,(H,20,26)(H,24,25). The van der Waals surface area contributed by atoms with Crippen LogP contribution >= 0.6 is 0 Å². The number of hydrogen-bond acceptors (Lipinski definition) is 5. The Bertz CT molecular complexity index is 541. The third-order valence-electron chi connectivity index (χ3n) is 6.02. The third-order valence-corrected chi connectivity index (χ3v) is 6.02. The summed E-state index contributed by atoms with van der Waals surface area (Å²) >= 11 is 0. The van der Waals surface area contributed by atoms with Crippen LogP contribution in [-0.4, -0.2) is 84.7 Å². The van der Waals surface area contributed by atoms with Gasteiger partial charge in [0, 0.05) is 14.2 Å². The van der Waals surface area contributed by atoms with Crippen molar-refractivity contribution in [1.29, 1.82) is 0 Å². The minimum atomic E-state index is -0.971. The van der Waals surface area contributed by atoms with E-state index in [1.807, 2.05) is 32.7 Å². The molecule has 4 unspecified atom stereocenters. The number of carbonyl (C=O) groups is 3. The van der Waals surface area contributed by atoms with Gasteiger partial charge in [0.05, 0.1) is 30.7 Å². The van der Waals surface area contributed by atoms with Gasteiger partial charge in [-0.25, -0.2) is 0 Å². The molecule has 0 saturated carbocycles. The van der Waals surface area contributed by atoms with Crippen LogP contribution in [0.2, 0.25) is 0 Å². The number of carboxylic acids is 1. The summed E-state index contributed by atoms with van der Waals surface area (Å²) in [5, 5.41) is 11.9. The van der Waals surface area contributed by atoms with Crippen molar-refractivity contribution in [3.05, 3.63) is 0 Å². The molecule has 0 spiro atoms. The Kier molecular flexibility index (Phi) is 8.68. The van der Waals surface area contributed by atoms with Gasteiger partial charge in [-0.15, -0.1) is 0 Å². The van der Waals surface area contributed by atoms with E-state index in [0.29, 0.717) is 0 Å². The number of aliphatic carboxylic acids is 1. The third kappa shape index (κ3) is 5.65. The van der Waals surface area contributed by atoms with Gasteiger partial charge in [-0.3, -0.25) is 19.3 Å². The normalized spacial score (nSPS) is 23.5. The number of rotatable bonds is 10. The van der Waals surface area contributed by atoms with Gasteiger partial charge < -0.3 is 20.1 Å². The molecule has 0 aromatic heterocycles. The van der Waals surface area contributed by atoms with Gasteiger partial charge in [0.15, 0.2) is 0 Å². The SMILES string of the molecule is CCC(C)C(C(CC(=O)O)OC)N(C)C(=O)CNC(=O)C1(C)CCCN1C. The first-order valence-corrected chi connectivity index (χ1v) is 9.58. The summed E-state index contributed by atoms with van der Waals surface area (Å²) in [6.45, 7) is 6.59. The number of likely N-dealkylation sites (N-methyl/N-ethyl adjacent to an activating group) is 2. The lowest BCUT2D eigenvalue weighted by molar-refractivity contribution is -0.145. The number of carboxylic acid groups (broad SMARTS) is 1. The van der Waals surface area contributed by atoms with Crippen LogP contribution in [0.1, 0.15) is 46.5 Å². The van der Waals surface area contributed by atoms with Crippen molar-refractivity contribution in [2.45, 2.75) is 64.1 Å². The van der Waals surface area contributed by atoms with Crippen molar-refractivity contribution >= 4 is 17.8 Å². The molecule has 1 rings (SSSR count). The fraction of sp³-hybridized carbons (Fsp3) is 0.842. The number of methoxy groups -OCH3 is 1. The number of hydrogen-bond donors (Lipinski definition) is 2. The molecule has 0 bridgehead atoms. The molecule has 1 saturated heterocycles. The van der Waals surface area contributed by atoms with Crippen LogP contribution in [0.4, 0.5) is 0 Å². The molecular weight excluding hydrogens is 350 g/mol. The zero-order valence-corrected chi connectivity index (χ0v) is 17.4. The van der Waals surface area contributed by atoms with Crippen molar-refractivity contribution < 1.29 is 24.2 Å². The second-order valence-corrected chi connectivity index (χ2v) is 7.73. The molecule has 0 radical (unpaired) electrons. The average molecular weight is 386 g/mol. The Morgan fingerprint density at radius 1 is 1.37 bits per heavy atom. The molecule has 1 heterocycles. The van der Waals surface area contributed by atoms with Crippen LogP contribution in [0.15, 0.2) is 0 Å². The maximum absolute atomic E-state index is 12.7. The van der Waals surface area contributed by atoms with E-state index < -0.39 is 17.6 Å². The summed E-state index contributed by atoms with van der Waals surface area (Å²) < 4.78 is 5.39. The van der Waals surface area contributed by atoms with Gasteiger partial charge >= 0.3 is 5.97 Å². The zero-order valence-electron chi connectivity index (χ0n) is 17.4. The Morgan fingerprint density at radius 2 is 2.00 bits per heavy atom. The highest BCUT2D eigenvalue weighted by Crippen LogP contribution is 2.27. The molecule has 0 aromatic rings. The molecule has 1 fully saturated rings. The molecule has 156 valence electrons. The molecule has 0 aliphatic carbocycles. The van der Waals surface area contributed by atoms with Gasteiger partial charge in [-0.2, -0.15) is 0 Å². The second-order valence-electron chi connectivity index (χ2n) is 7.73. The van der Waals surface area contributed by atoms with Crippen molar-refractivity contribution in [2.75, 3.05) is 34.3 Å². The van der Waals surface area contributed by atoms with Gasteiger partial charge in [0.2, 0.25) is 11.8 Å². The van der Waals surface area contributed by atoms with Crippen LogP contribution in [-0.2, 0) is 19.1 Å². The van der Waals surface area contributed by atoms with Crippen molar-refractivity contribution in [1.82, 2.24) is 15.1 Å². The first-order chi connectivity index (χ1) is 12.6. The Labute approximate surface area is 162 Å². The number of likely N-dealkylation sites (tertiary alicyclic amines) is 1. The minimum Gasteiger partial charge on any atom is -0.481 e. The lowest BCUT2D eigenvalue weighted by Crippen LogP contribution is -2.56. The first kappa shape index (κ1) is 23.4. The quantitative estimate of drug-likeness (QED) is 0.581. The monoisotopic (exact) mass is 385 g/mol. The molecule has 8 heteroatoms. The van der Waals surface area contributed by atoms with Crippen LogP contribution in [0, 0.1) is 5.92 Å². The summed E-state index contributed by atoms with van der Waals surface area (Å²) in [6.07, 6.45) is 1.70. The summed E-state index contributed by atoms with van der Waals surface area (Å²) in [6, 6.07) is -0.384. The van der Waals surface area contributed by atoms with E-state index in [9.17, 15) is 14.4 Å². The van der Waals surface area contributed by atoms with Crippen LogP contribution in [0.3, 0.4) is 0 Å². The maximum atomic E-state index is 12.7. The molecule has 1 aliphatic heterocycles. The largest absolute Gasteiger partial charge is 0.481 e. The Morgan fingerprint density at radius 3 is 2.44 bits per heavy atom. The highest BCUT2D eigenvalue weighted by molar-refractivity contribution is 5.90. The number of amides is 2. The zero-order chi connectivity index (χ0) is 20.8. The molecule has 2 amide bonds. The number of ether oxygens (including phenoxy) is 1. The first-order valence-electron chi connectivity index (χ1n) is 9.58. The van der Waals surface area contributed by atoms with E-state index in [-0.39, 0.29) is 36.7 Å². The number of nitrogens with zero attached hydrogens (tertiary/aromatic N) is 2.